The van der Waals surface area contributed by atoms with Crippen LogP contribution in [0.1, 0.15) is 16.2 Å². The van der Waals surface area contributed by atoms with E-state index in [9.17, 15) is 13.2 Å². The summed E-state index contributed by atoms with van der Waals surface area (Å²) in [4.78, 5) is 15.7. The number of ether oxygens (including phenoxy) is 3. The highest BCUT2D eigenvalue weighted by Gasteiger charge is 2.19. The molecular weight excluding hydrogens is 414 g/mol. The maximum atomic E-state index is 12.5. The van der Waals surface area contributed by atoms with E-state index in [1.54, 1.807) is 18.2 Å². The Labute approximate surface area is 172 Å². The first-order valence-electron chi connectivity index (χ1n) is 8.61. The van der Waals surface area contributed by atoms with Gasteiger partial charge in [0, 0.05) is 6.07 Å². The molecule has 158 valence electrons. The molecule has 0 unspecified atom stereocenters. The topological polar surface area (TPSA) is 130 Å². The van der Waals surface area contributed by atoms with Crippen molar-refractivity contribution in [2.24, 2.45) is 0 Å². The Morgan fingerprint density at radius 1 is 1.10 bits per heavy atom. The molecule has 11 heteroatoms. The Hall–Kier alpha value is -3.44. The lowest BCUT2D eigenvalue weighted by molar-refractivity contribution is 0.0600. The summed E-state index contributed by atoms with van der Waals surface area (Å²) in [7, 11) is 0.320. The zero-order valence-corrected chi connectivity index (χ0v) is 17.2. The number of nitrogens with one attached hydrogen (secondary N) is 1. The molecule has 1 N–H and O–H groups in total. The number of methoxy groups -OCH3 is 3. The molecule has 1 heterocycles. The molecule has 0 amide bonds. The molecule has 1 aromatic heterocycles. The lowest BCUT2D eigenvalue weighted by atomic mass is 10.2. The monoisotopic (exact) mass is 433 g/mol. The van der Waals surface area contributed by atoms with Crippen molar-refractivity contribution in [2.75, 3.05) is 21.3 Å². The minimum absolute atomic E-state index is 0.0515. The molecule has 0 saturated carbocycles. The highest BCUT2D eigenvalue weighted by Crippen LogP contribution is 2.31. The Bertz CT molecular complexity index is 1160. The van der Waals surface area contributed by atoms with Gasteiger partial charge in [0.05, 0.1) is 43.9 Å². The number of carbonyl (C=O) groups excluding carboxylic acids is 1. The number of benzene rings is 2. The van der Waals surface area contributed by atoms with Crippen LogP contribution in [0.5, 0.6) is 11.5 Å². The highest BCUT2D eigenvalue weighted by molar-refractivity contribution is 7.89. The van der Waals surface area contributed by atoms with Gasteiger partial charge in [0.1, 0.15) is 11.5 Å². The molecule has 0 radical (unpaired) electrons. The van der Waals surface area contributed by atoms with Crippen LogP contribution in [0.25, 0.3) is 11.4 Å². The van der Waals surface area contributed by atoms with Crippen LogP contribution in [-0.4, -0.2) is 45.9 Å². The minimum Gasteiger partial charge on any atom is -0.497 e. The van der Waals surface area contributed by atoms with Gasteiger partial charge in [-0.15, -0.1) is 0 Å². The van der Waals surface area contributed by atoms with Crippen LogP contribution in [0.3, 0.4) is 0 Å². The average molecular weight is 433 g/mol. The van der Waals surface area contributed by atoms with Crippen molar-refractivity contribution in [3.05, 3.63) is 53.9 Å². The van der Waals surface area contributed by atoms with E-state index in [1.807, 2.05) is 0 Å². The maximum absolute atomic E-state index is 12.5. The quantitative estimate of drug-likeness (QED) is 0.530. The van der Waals surface area contributed by atoms with E-state index in [4.69, 9.17) is 14.0 Å². The third kappa shape index (κ3) is 4.58. The molecule has 0 aliphatic carbocycles. The molecule has 30 heavy (non-hydrogen) atoms. The molecule has 0 saturated heterocycles. The lowest BCUT2D eigenvalue weighted by Crippen LogP contribution is -2.23. The number of sulfonamides is 1. The third-order valence-corrected chi connectivity index (χ3v) is 5.50. The van der Waals surface area contributed by atoms with Crippen molar-refractivity contribution in [1.82, 2.24) is 14.9 Å². The van der Waals surface area contributed by atoms with Crippen molar-refractivity contribution in [1.29, 1.82) is 0 Å². The Morgan fingerprint density at radius 2 is 1.90 bits per heavy atom. The molecule has 0 spiro atoms. The molecule has 0 aliphatic heterocycles. The Morgan fingerprint density at radius 3 is 2.60 bits per heavy atom. The summed E-state index contributed by atoms with van der Waals surface area (Å²) in [6, 6.07) is 10.6. The van der Waals surface area contributed by atoms with Crippen LogP contribution in [0.2, 0.25) is 0 Å². The fourth-order valence-corrected chi connectivity index (χ4v) is 3.59. The summed E-state index contributed by atoms with van der Waals surface area (Å²) in [5.74, 6) is 0.720. The minimum atomic E-state index is -3.93. The summed E-state index contributed by atoms with van der Waals surface area (Å²) >= 11 is 0. The Kier molecular flexibility index (Phi) is 6.33. The highest BCUT2D eigenvalue weighted by atomic mass is 32.2. The van der Waals surface area contributed by atoms with Gasteiger partial charge in [0.25, 0.3) is 0 Å². The Balaban J connectivity index is 1.76. The van der Waals surface area contributed by atoms with Crippen molar-refractivity contribution in [3.63, 3.8) is 0 Å². The van der Waals surface area contributed by atoms with Crippen molar-refractivity contribution in [3.8, 4) is 22.9 Å². The zero-order valence-electron chi connectivity index (χ0n) is 16.4. The van der Waals surface area contributed by atoms with Gasteiger partial charge in [0.15, 0.2) is 0 Å². The first-order valence-corrected chi connectivity index (χ1v) is 10.1. The van der Waals surface area contributed by atoms with E-state index in [-0.39, 0.29) is 28.7 Å². The largest absolute Gasteiger partial charge is 0.497 e. The predicted octanol–water partition coefficient (Wildman–Crippen LogP) is 2.02. The summed E-state index contributed by atoms with van der Waals surface area (Å²) in [5.41, 5.74) is 0.675. The van der Waals surface area contributed by atoms with E-state index in [2.05, 4.69) is 19.6 Å². The lowest BCUT2D eigenvalue weighted by Gasteiger charge is -2.07. The molecule has 0 atom stereocenters. The van der Waals surface area contributed by atoms with E-state index >= 15 is 0 Å². The van der Waals surface area contributed by atoms with E-state index in [0.29, 0.717) is 17.1 Å². The van der Waals surface area contributed by atoms with Gasteiger partial charge in [-0.2, -0.15) is 4.98 Å². The number of esters is 1. The van der Waals surface area contributed by atoms with Gasteiger partial charge in [-0.25, -0.2) is 17.9 Å². The predicted molar refractivity (Wildman–Crippen MR) is 105 cm³/mol. The van der Waals surface area contributed by atoms with Crippen LogP contribution in [0.4, 0.5) is 0 Å². The van der Waals surface area contributed by atoms with E-state index < -0.39 is 16.0 Å². The third-order valence-electron chi connectivity index (χ3n) is 4.10. The maximum Gasteiger partial charge on any atom is 0.337 e. The van der Waals surface area contributed by atoms with Crippen LogP contribution in [-0.2, 0) is 21.3 Å². The molecule has 0 fully saturated rings. The van der Waals surface area contributed by atoms with Crippen LogP contribution >= 0.6 is 0 Å². The van der Waals surface area contributed by atoms with Gasteiger partial charge in [-0.1, -0.05) is 11.2 Å². The van der Waals surface area contributed by atoms with Gasteiger partial charge in [-0.05, 0) is 30.3 Å². The molecule has 10 nitrogen and oxygen atoms in total. The molecule has 3 aromatic rings. The molecular formula is C19H19N3O7S. The van der Waals surface area contributed by atoms with Gasteiger partial charge in [0.2, 0.25) is 21.7 Å². The standard InChI is InChI=1S/C19H19N3O7S/c1-26-13-7-8-15(16(10-13)27-2)18-21-17(29-22-18)11-20-30(24,25)14-6-4-5-12(9-14)19(23)28-3/h4-10,20H,11H2,1-3H3. The fraction of sp³-hybridized carbons (Fsp3) is 0.211. The molecule has 0 aliphatic rings. The van der Waals surface area contributed by atoms with Crippen molar-refractivity contribution >= 4 is 16.0 Å². The summed E-state index contributed by atoms with van der Waals surface area (Å²) in [6.07, 6.45) is 0. The van der Waals surface area contributed by atoms with E-state index in [0.717, 1.165) is 0 Å². The summed E-state index contributed by atoms with van der Waals surface area (Å²) < 4.78 is 47.6. The number of carbonyl (C=O) groups is 1. The number of hydrogen-bond donors (Lipinski definition) is 1. The first kappa shape index (κ1) is 21.3. The summed E-state index contributed by atoms with van der Waals surface area (Å²) in [6.45, 7) is -0.240. The second kappa shape index (κ2) is 8.93. The SMILES string of the molecule is COC(=O)c1cccc(S(=O)(=O)NCc2nc(-c3ccc(OC)cc3OC)no2)c1. The van der Waals surface area contributed by atoms with Gasteiger partial charge >= 0.3 is 5.97 Å². The smallest absolute Gasteiger partial charge is 0.337 e. The fourth-order valence-electron chi connectivity index (χ4n) is 2.57. The zero-order chi connectivity index (χ0) is 21.7. The first-order chi connectivity index (χ1) is 14.4. The van der Waals surface area contributed by atoms with Gasteiger partial charge < -0.3 is 18.7 Å². The summed E-state index contributed by atoms with van der Waals surface area (Å²) in [5, 5.41) is 3.87. The van der Waals surface area contributed by atoms with Crippen LogP contribution < -0.4 is 14.2 Å². The van der Waals surface area contributed by atoms with E-state index in [1.165, 1.54) is 45.6 Å². The molecule has 0 bridgehead atoms. The second-order valence-electron chi connectivity index (χ2n) is 5.92. The van der Waals surface area contributed by atoms with Crippen LogP contribution in [0, 0.1) is 0 Å². The number of hydrogen-bond acceptors (Lipinski definition) is 9. The average Bonchev–Trinajstić information content (AvgIpc) is 3.25. The van der Waals surface area contributed by atoms with Gasteiger partial charge in [-0.3, -0.25) is 0 Å². The number of nitrogens with zero attached hydrogens (tertiary/aromatic N) is 2. The van der Waals surface area contributed by atoms with Crippen molar-refractivity contribution in [2.45, 2.75) is 11.4 Å². The number of rotatable bonds is 8. The van der Waals surface area contributed by atoms with Crippen LogP contribution in [0.15, 0.2) is 51.9 Å². The molecule has 3 rings (SSSR count). The second-order valence-corrected chi connectivity index (χ2v) is 7.69. The number of aromatic nitrogens is 2. The van der Waals surface area contributed by atoms with Crippen molar-refractivity contribution < 1.29 is 31.9 Å². The molecule has 2 aromatic carbocycles. The normalized spacial score (nSPS) is 11.2.